The molecule has 0 spiro atoms. The topological polar surface area (TPSA) is 49.4 Å². The van der Waals surface area contributed by atoms with E-state index in [2.05, 4.69) is 239 Å². The minimum atomic E-state index is -1.56. The van der Waals surface area contributed by atoms with E-state index in [-0.39, 0.29) is 16.2 Å². The van der Waals surface area contributed by atoms with Crippen molar-refractivity contribution in [1.29, 1.82) is 0 Å². The van der Waals surface area contributed by atoms with Crippen LogP contribution in [0.1, 0.15) is 107 Å². The van der Waals surface area contributed by atoms with Gasteiger partial charge in [-0.25, -0.2) is 20.0 Å². The monoisotopic (exact) mass is 876 g/mol. The highest BCUT2D eigenvalue weighted by Gasteiger charge is 2.29. The molecule has 5 heteroatoms. The predicted octanol–water partition coefficient (Wildman–Crippen LogP) is 14.8. The van der Waals surface area contributed by atoms with Gasteiger partial charge in [-0.1, -0.05) is 173 Å². The van der Waals surface area contributed by atoms with E-state index in [0.717, 1.165) is 95.7 Å². The third-order valence-corrected chi connectivity index (χ3v) is 13.4. The van der Waals surface area contributed by atoms with E-state index in [1.54, 1.807) is 0 Å². The molecule has 4 nitrogen and oxygen atoms in total. The average molecular weight is 877 g/mol. The second-order valence-corrected chi connectivity index (χ2v) is 26.7. The number of rotatable bonds is 4. The van der Waals surface area contributed by atoms with Gasteiger partial charge < -0.3 is 0 Å². The molecule has 8 bridgehead atoms. The molecule has 0 saturated heterocycles. The van der Waals surface area contributed by atoms with E-state index >= 15 is 0 Å². The van der Waals surface area contributed by atoms with Crippen molar-refractivity contribution in [2.24, 2.45) is 20.0 Å². The normalized spacial score (nSPS) is 17.2. The maximum atomic E-state index is 5.52. The van der Waals surface area contributed by atoms with Crippen LogP contribution in [0.4, 0.5) is 0 Å². The highest BCUT2D eigenvalue weighted by molar-refractivity contribution is 6.83. The number of benzene rings is 4. The SMILES string of the molecule is CC(C)(C)c1ccc(C2=C3C=CC(=N3)C(c3ccc(C(C)(C)C)cc3)=C3C=CC(=N3)C(c3ccc(C(C)(C)C)cc3)=C3C=CC(=N3)C(c3ccc(C#C[Si](C)(C)C)cc3)=C3C=CC2=N3)cc1. The predicted molar refractivity (Wildman–Crippen MR) is 286 cm³/mol. The molecule has 328 valence electrons. The van der Waals surface area contributed by atoms with Gasteiger partial charge in [0.05, 0.1) is 45.6 Å². The Morgan fingerprint density at radius 2 is 0.576 bits per heavy atom. The Balaban J connectivity index is 1.32. The van der Waals surface area contributed by atoms with Gasteiger partial charge in [0, 0.05) is 27.9 Å². The minimum Gasteiger partial charge on any atom is -0.248 e. The average Bonchev–Trinajstić information content (AvgIpc) is 4.11. The molecule has 66 heavy (non-hydrogen) atoms. The van der Waals surface area contributed by atoms with Crippen LogP contribution in [0.3, 0.4) is 0 Å². The van der Waals surface area contributed by atoms with Crippen molar-refractivity contribution < 1.29 is 0 Å². The maximum absolute atomic E-state index is 5.52. The summed E-state index contributed by atoms with van der Waals surface area (Å²) >= 11 is 0. The summed E-state index contributed by atoms with van der Waals surface area (Å²) < 4.78 is 0. The van der Waals surface area contributed by atoms with Gasteiger partial charge in [-0.15, -0.1) is 5.54 Å². The van der Waals surface area contributed by atoms with Gasteiger partial charge in [0.2, 0.25) is 0 Å². The Morgan fingerprint density at radius 1 is 0.333 bits per heavy atom. The van der Waals surface area contributed by atoms with Crippen LogP contribution in [0.5, 0.6) is 0 Å². The highest BCUT2D eigenvalue weighted by atomic mass is 28.3. The Kier molecular flexibility index (Phi) is 11.2. The molecule has 5 aliphatic heterocycles. The van der Waals surface area contributed by atoms with Crippen molar-refractivity contribution in [3.63, 3.8) is 0 Å². The van der Waals surface area contributed by atoms with Gasteiger partial charge in [0.1, 0.15) is 8.07 Å². The molecule has 0 radical (unpaired) electrons. The van der Waals surface area contributed by atoms with E-state index in [9.17, 15) is 0 Å². The molecule has 9 rings (SSSR count). The van der Waals surface area contributed by atoms with Crippen LogP contribution in [0, 0.1) is 11.5 Å². The summed E-state index contributed by atoms with van der Waals surface area (Å²) in [4.78, 5) is 22.1. The summed E-state index contributed by atoms with van der Waals surface area (Å²) in [6.07, 6.45) is 17.1. The minimum absolute atomic E-state index is 0.0111. The van der Waals surface area contributed by atoms with Crippen LogP contribution in [-0.4, -0.2) is 30.9 Å². The summed E-state index contributed by atoms with van der Waals surface area (Å²) in [6.45, 7) is 27.1. The summed E-state index contributed by atoms with van der Waals surface area (Å²) in [7, 11) is -1.56. The lowest BCUT2D eigenvalue weighted by molar-refractivity contribution is 0.590. The van der Waals surface area contributed by atoms with Crippen LogP contribution in [0.25, 0.3) is 22.3 Å². The molecule has 0 saturated carbocycles. The molecule has 4 aromatic rings. The van der Waals surface area contributed by atoms with Crippen LogP contribution < -0.4 is 0 Å². The summed E-state index contributed by atoms with van der Waals surface area (Å²) in [5.41, 5.74) is 23.3. The van der Waals surface area contributed by atoms with Crippen molar-refractivity contribution in [2.75, 3.05) is 0 Å². The Hall–Kier alpha value is -6.74. The first kappa shape index (κ1) is 44.5. The van der Waals surface area contributed by atoms with Gasteiger partial charge in [-0.2, -0.15) is 0 Å². The lowest BCUT2D eigenvalue weighted by Crippen LogP contribution is -2.16. The molecular formula is C61H60N4Si. The molecule has 0 aromatic heterocycles. The molecule has 0 unspecified atom stereocenters. The summed E-state index contributed by atoms with van der Waals surface area (Å²) in [6, 6.07) is 35.4. The third kappa shape index (κ3) is 9.08. The lowest BCUT2D eigenvalue weighted by atomic mass is 9.85. The Morgan fingerprint density at radius 3 is 0.803 bits per heavy atom. The van der Waals surface area contributed by atoms with Gasteiger partial charge >= 0.3 is 0 Å². The fourth-order valence-corrected chi connectivity index (χ4v) is 9.18. The first-order valence-corrected chi connectivity index (χ1v) is 26.7. The third-order valence-electron chi connectivity index (χ3n) is 12.5. The second kappa shape index (κ2) is 16.6. The molecular weight excluding hydrogens is 817 g/mol. The molecule has 0 atom stereocenters. The smallest absolute Gasteiger partial charge is 0.129 e. The first-order valence-electron chi connectivity index (χ1n) is 23.2. The standard InChI is InChI=1S/C61H60N4Si/c1-59(2,3)44-23-17-41(18-24-44)56-49-31-29-47(62-49)55(40-15-13-39(14-16-40)37-38-66(10,11)12)48-30-32-50(63-48)57(42-19-25-45(26-20-42)60(4,5)6)52-34-36-54(65-52)58(53-35-33-51(56)64-53)43-21-27-46(28-22-43)61(7,8)9/h13-36H,1-12H3. The quantitative estimate of drug-likeness (QED) is 0.145. The zero-order valence-corrected chi connectivity index (χ0v) is 41.6. The van der Waals surface area contributed by atoms with E-state index < -0.39 is 8.07 Å². The summed E-state index contributed by atoms with van der Waals surface area (Å²) in [5.74, 6) is 3.44. The number of allylic oxidation sites excluding steroid dienone is 12. The van der Waals surface area contributed by atoms with Gasteiger partial charge in [0.15, 0.2) is 0 Å². The maximum Gasteiger partial charge on any atom is 0.129 e. The van der Waals surface area contributed by atoms with Crippen molar-refractivity contribution in [3.8, 4) is 11.5 Å². The van der Waals surface area contributed by atoms with Crippen LogP contribution in [0.15, 0.2) is 188 Å². The molecule has 0 N–H and O–H groups in total. The van der Waals surface area contributed by atoms with Crippen LogP contribution >= 0.6 is 0 Å². The van der Waals surface area contributed by atoms with E-state index in [4.69, 9.17) is 20.0 Å². The van der Waals surface area contributed by atoms with E-state index in [1.807, 2.05) is 0 Å². The number of fused-ring (bicyclic) bond motifs is 4. The van der Waals surface area contributed by atoms with Crippen molar-refractivity contribution >= 4 is 53.2 Å². The zero-order valence-electron chi connectivity index (χ0n) is 40.6. The highest BCUT2D eigenvalue weighted by Crippen LogP contribution is 2.40. The summed E-state index contributed by atoms with van der Waals surface area (Å²) in [5, 5.41) is 0. The Bertz CT molecular complexity index is 3070. The molecule has 0 fully saturated rings. The molecule has 5 aliphatic rings. The molecule has 5 heterocycles. The number of nitrogens with zero attached hydrogens (tertiary/aromatic N) is 4. The zero-order chi connectivity index (χ0) is 46.8. The van der Waals surface area contributed by atoms with E-state index in [0.29, 0.717) is 0 Å². The van der Waals surface area contributed by atoms with Gasteiger partial charge in [0.25, 0.3) is 0 Å². The van der Waals surface area contributed by atoms with Crippen molar-refractivity contribution in [3.05, 3.63) is 213 Å². The second-order valence-electron chi connectivity index (χ2n) is 21.9. The number of aliphatic imine (C=N–C) groups is 4. The Labute approximate surface area is 394 Å². The van der Waals surface area contributed by atoms with Crippen molar-refractivity contribution in [2.45, 2.75) is 98.2 Å². The first-order chi connectivity index (χ1) is 31.2. The molecule has 4 aromatic carbocycles. The van der Waals surface area contributed by atoms with E-state index in [1.165, 1.54) is 16.7 Å². The van der Waals surface area contributed by atoms with Crippen molar-refractivity contribution in [1.82, 2.24) is 0 Å². The fourth-order valence-electron chi connectivity index (χ4n) is 8.66. The van der Waals surface area contributed by atoms with Gasteiger partial charge in [-0.3, -0.25) is 0 Å². The fraction of sp³-hybridized carbons (Fsp3) is 0.246. The molecule has 0 aliphatic carbocycles. The number of hydrogen-bond acceptors (Lipinski definition) is 4. The van der Waals surface area contributed by atoms with Crippen LogP contribution in [0.2, 0.25) is 19.6 Å². The van der Waals surface area contributed by atoms with Gasteiger partial charge in [-0.05, 0) is 116 Å². The lowest BCUT2D eigenvalue weighted by Gasteiger charge is -2.20. The molecule has 0 amide bonds. The number of hydrogen-bond donors (Lipinski definition) is 0. The largest absolute Gasteiger partial charge is 0.248 e. The van der Waals surface area contributed by atoms with Crippen LogP contribution in [-0.2, 0) is 16.2 Å².